The molecule has 0 aliphatic carbocycles. The Morgan fingerprint density at radius 3 is 2.33 bits per heavy atom. The van der Waals surface area contributed by atoms with Crippen LogP contribution in [0.1, 0.15) is 13.8 Å². The number of hydrogen-bond acceptors (Lipinski definition) is 6. The number of nitrogens with two attached hydrogens (primary N) is 1. The number of amidine groups is 1. The van der Waals surface area contributed by atoms with Gasteiger partial charge in [0.25, 0.3) is 0 Å². The topological polar surface area (TPSA) is 107 Å². The van der Waals surface area contributed by atoms with E-state index in [9.17, 15) is 16.8 Å². The van der Waals surface area contributed by atoms with E-state index in [-0.39, 0.29) is 5.70 Å². The minimum Gasteiger partial charge on any atom is -0.374 e. The molecule has 2 N–H and O–H groups in total. The van der Waals surface area contributed by atoms with Gasteiger partial charge in [-0.1, -0.05) is 0 Å². The molecule has 1 aliphatic heterocycles. The maximum Gasteiger partial charge on any atom is 0.234 e. The van der Waals surface area contributed by atoms with Crippen LogP contribution < -0.4 is 5.73 Å². The molecule has 0 unspecified atom stereocenters. The molecule has 0 radical (unpaired) electrons. The quantitative estimate of drug-likeness (QED) is 0.721. The molecule has 0 fully saturated rings. The molecule has 8 heteroatoms. The highest BCUT2D eigenvalue weighted by Crippen LogP contribution is 2.16. The van der Waals surface area contributed by atoms with Crippen LogP contribution in [0.15, 0.2) is 16.1 Å². The van der Waals surface area contributed by atoms with Crippen molar-refractivity contribution >= 4 is 24.8 Å². The Morgan fingerprint density at radius 2 is 2.00 bits per heavy atom. The first-order valence-electron chi connectivity index (χ1n) is 4.16. The smallest absolute Gasteiger partial charge is 0.234 e. The fraction of sp³-hybridized carbons (Fsp3) is 0.571. The molecule has 0 amide bonds. The zero-order valence-corrected chi connectivity index (χ0v) is 9.97. The molecule has 1 rings (SSSR count). The number of rotatable bonds is 3. The summed E-state index contributed by atoms with van der Waals surface area (Å²) in [4.78, 5) is 3.50. The molecule has 1 heterocycles. The van der Waals surface area contributed by atoms with Gasteiger partial charge in [-0.3, -0.25) is 0 Å². The van der Waals surface area contributed by atoms with Gasteiger partial charge in [0, 0.05) is 0 Å². The maximum atomic E-state index is 11.5. The van der Waals surface area contributed by atoms with E-state index < -0.39 is 35.8 Å². The molecule has 0 saturated carbocycles. The lowest BCUT2D eigenvalue weighted by molar-refractivity contribution is 0.589. The SMILES string of the molecule is CC(C)S(=O)(=O)CC1=CS(=O)(=O)C(N)=N1. The molecule has 1 aliphatic rings. The lowest BCUT2D eigenvalue weighted by Gasteiger charge is -2.05. The van der Waals surface area contributed by atoms with Crippen molar-refractivity contribution in [1.29, 1.82) is 0 Å². The van der Waals surface area contributed by atoms with Crippen LogP contribution in [0.4, 0.5) is 0 Å². The highest BCUT2D eigenvalue weighted by atomic mass is 32.2. The van der Waals surface area contributed by atoms with E-state index in [0.29, 0.717) is 0 Å². The second-order valence-electron chi connectivity index (χ2n) is 3.46. The molecule has 6 nitrogen and oxygen atoms in total. The van der Waals surface area contributed by atoms with Gasteiger partial charge in [-0.2, -0.15) is 0 Å². The molecule has 0 aromatic rings. The van der Waals surface area contributed by atoms with E-state index in [1.54, 1.807) is 0 Å². The van der Waals surface area contributed by atoms with Crippen molar-refractivity contribution in [2.45, 2.75) is 19.1 Å². The van der Waals surface area contributed by atoms with Gasteiger partial charge in [0.2, 0.25) is 15.0 Å². The summed E-state index contributed by atoms with van der Waals surface area (Å²) in [6, 6.07) is 0. The van der Waals surface area contributed by atoms with E-state index >= 15 is 0 Å². The van der Waals surface area contributed by atoms with Crippen molar-refractivity contribution < 1.29 is 16.8 Å². The highest BCUT2D eigenvalue weighted by molar-refractivity contribution is 8.09. The summed E-state index contributed by atoms with van der Waals surface area (Å²) in [6.45, 7) is 3.04. The van der Waals surface area contributed by atoms with Crippen LogP contribution in [-0.4, -0.2) is 33.0 Å². The van der Waals surface area contributed by atoms with Gasteiger partial charge in [0.05, 0.1) is 22.1 Å². The largest absolute Gasteiger partial charge is 0.374 e. The Hall–Kier alpha value is -0.890. The normalized spacial score (nSPS) is 20.2. The van der Waals surface area contributed by atoms with Crippen molar-refractivity contribution in [1.82, 2.24) is 0 Å². The molecule has 15 heavy (non-hydrogen) atoms. The fourth-order valence-corrected chi connectivity index (χ4v) is 2.77. The van der Waals surface area contributed by atoms with E-state index in [1.807, 2.05) is 0 Å². The first-order chi connectivity index (χ1) is 6.65. The standard InChI is InChI=1S/C7H12N2O4S2/c1-5(2)14(10,11)3-6-4-15(12,13)7(8)9-6/h4-5H,3H2,1-2H3,(H2,8,9). The van der Waals surface area contributed by atoms with Gasteiger partial charge in [-0.25, -0.2) is 21.8 Å². The molecule has 0 atom stereocenters. The molecule has 0 spiro atoms. The van der Waals surface area contributed by atoms with Crippen molar-refractivity contribution in [3.8, 4) is 0 Å². The number of aliphatic imine (C=N–C) groups is 1. The van der Waals surface area contributed by atoms with Crippen molar-refractivity contribution in [3.05, 3.63) is 11.1 Å². The van der Waals surface area contributed by atoms with Crippen molar-refractivity contribution in [3.63, 3.8) is 0 Å². The summed E-state index contributed by atoms with van der Waals surface area (Å²) in [6.07, 6.45) is 0. The summed E-state index contributed by atoms with van der Waals surface area (Å²) in [5.74, 6) is -0.398. The van der Waals surface area contributed by atoms with Crippen LogP contribution in [-0.2, 0) is 19.7 Å². The van der Waals surface area contributed by atoms with Crippen LogP contribution >= 0.6 is 0 Å². The molecular weight excluding hydrogens is 240 g/mol. The summed E-state index contributed by atoms with van der Waals surface area (Å²) in [7, 11) is -7.02. The van der Waals surface area contributed by atoms with E-state index in [4.69, 9.17) is 5.73 Å². The summed E-state index contributed by atoms with van der Waals surface area (Å²) >= 11 is 0. The Balaban J connectivity index is 3.00. The predicted octanol–water partition coefficient (Wildman–Crippen LogP) is -0.606. The van der Waals surface area contributed by atoms with Gasteiger partial charge < -0.3 is 5.73 Å². The highest BCUT2D eigenvalue weighted by Gasteiger charge is 2.26. The molecule has 0 saturated heterocycles. The van der Waals surface area contributed by atoms with Crippen molar-refractivity contribution in [2.75, 3.05) is 5.75 Å². The average molecular weight is 252 g/mol. The van der Waals surface area contributed by atoms with Gasteiger partial charge in [-0.15, -0.1) is 0 Å². The third-order valence-electron chi connectivity index (χ3n) is 1.90. The second kappa shape index (κ2) is 3.60. The van der Waals surface area contributed by atoms with Gasteiger partial charge in [0.15, 0.2) is 9.84 Å². The Morgan fingerprint density at radius 1 is 1.47 bits per heavy atom. The summed E-state index contributed by atoms with van der Waals surface area (Å²) in [5, 5.41) is -0.322. The fourth-order valence-electron chi connectivity index (χ4n) is 0.910. The molecule has 0 aromatic heterocycles. The van der Waals surface area contributed by atoms with Gasteiger partial charge >= 0.3 is 0 Å². The lowest BCUT2D eigenvalue weighted by atomic mass is 10.6. The number of nitrogens with zero attached hydrogens (tertiary/aromatic N) is 1. The van der Waals surface area contributed by atoms with Crippen LogP contribution in [0.25, 0.3) is 0 Å². The zero-order valence-electron chi connectivity index (χ0n) is 8.34. The third kappa shape index (κ3) is 2.57. The van der Waals surface area contributed by atoms with Gasteiger partial charge in [-0.05, 0) is 13.8 Å². The summed E-state index contributed by atoms with van der Waals surface area (Å²) < 4.78 is 45.1. The molecule has 0 aromatic carbocycles. The minimum atomic E-state index is -3.67. The minimum absolute atomic E-state index is 0.0267. The van der Waals surface area contributed by atoms with Crippen LogP contribution in [0.5, 0.6) is 0 Å². The van der Waals surface area contributed by atoms with Gasteiger partial charge in [0.1, 0.15) is 0 Å². The number of sulfone groups is 2. The molecular formula is C7H12N2O4S2. The Kier molecular flexibility index (Phi) is 2.92. The second-order valence-corrected chi connectivity index (χ2v) is 7.76. The van der Waals surface area contributed by atoms with E-state index in [1.165, 1.54) is 13.8 Å². The maximum absolute atomic E-state index is 11.5. The molecule has 0 bridgehead atoms. The number of hydrogen-bond donors (Lipinski definition) is 1. The van der Waals surface area contributed by atoms with Crippen LogP contribution in [0.3, 0.4) is 0 Å². The predicted molar refractivity (Wildman–Crippen MR) is 57.5 cm³/mol. The summed E-state index contributed by atoms with van der Waals surface area (Å²) in [5.41, 5.74) is 5.09. The first-order valence-corrected chi connectivity index (χ1v) is 7.43. The van der Waals surface area contributed by atoms with E-state index in [0.717, 1.165) is 5.41 Å². The lowest BCUT2D eigenvalue weighted by Crippen LogP contribution is -2.19. The van der Waals surface area contributed by atoms with Crippen LogP contribution in [0.2, 0.25) is 0 Å². The van der Waals surface area contributed by atoms with E-state index in [2.05, 4.69) is 4.99 Å². The third-order valence-corrected chi connectivity index (χ3v) is 5.30. The first kappa shape index (κ1) is 12.2. The average Bonchev–Trinajstić information content (AvgIpc) is 2.23. The molecule has 86 valence electrons. The van der Waals surface area contributed by atoms with Crippen molar-refractivity contribution in [2.24, 2.45) is 10.7 Å². The zero-order chi connectivity index (χ0) is 11.9. The monoisotopic (exact) mass is 252 g/mol. The Labute approximate surface area is 88.7 Å². The van der Waals surface area contributed by atoms with Crippen LogP contribution in [0, 0.1) is 0 Å². The Bertz CT molecular complexity index is 525.